The average Bonchev–Trinajstić information content (AvgIpc) is 3.15. The summed E-state index contributed by atoms with van der Waals surface area (Å²) in [5.74, 6) is 1.22. The summed E-state index contributed by atoms with van der Waals surface area (Å²) in [6.07, 6.45) is 2.90. The maximum Gasteiger partial charge on any atom is 0.301 e. The Morgan fingerprint density at radius 2 is 0.927 bits per heavy atom. The summed E-state index contributed by atoms with van der Waals surface area (Å²) in [5, 5.41) is 52.7. The third-order valence-corrected chi connectivity index (χ3v) is 8.39. The van der Waals surface area contributed by atoms with Crippen LogP contribution in [0.5, 0.6) is 11.5 Å². The van der Waals surface area contributed by atoms with Gasteiger partial charge < -0.3 is 9.47 Å². The van der Waals surface area contributed by atoms with Crippen molar-refractivity contribution in [3.05, 3.63) is 170 Å². The number of nitro groups is 4. The van der Waals surface area contributed by atoms with Gasteiger partial charge in [0.25, 0.3) is 11.4 Å². The average molecular weight is 749 g/mol. The lowest BCUT2D eigenvalue weighted by atomic mass is 9.94. The van der Waals surface area contributed by atoms with Crippen molar-refractivity contribution in [2.75, 3.05) is 10.9 Å². The van der Waals surface area contributed by atoms with E-state index < -0.39 is 42.4 Å². The number of hydrazone groups is 2. The van der Waals surface area contributed by atoms with E-state index in [2.05, 4.69) is 27.1 Å². The summed E-state index contributed by atoms with van der Waals surface area (Å²) in [5.41, 5.74) is 9.92. The Labute approximate surface area is 312 Å². The van der Waals surface area contributed by atoms with E-state index in [0.29, 0.717) is 35.8 Å². The van der Waals surface area contributed by atoms with Crippen molar-refractivity contribution in [3.8, 4) is 11.5 Å². The van der Waals surface area contributed by atoms with E-state index in [1.807, 2.05) is 20.8 Å². The van der Waals surface area contributed by atoms with E-state index in [4.69, 9.17) is 9.47 Å². The molecule has 0 heterocycles. The Hall–Kier alpha value is -7.76. The number of hydrogen-bond donors (Lipinski definition) is 2. The largest absolute Gasteiger partial charge is 0.489 e. The molecule has 5 rings (SSSR count). The predicted octanol–water partition coefficient (Wildman–Crippen LogP) is 8.29. The summed E-state index contributed by atoms with van der Waals surface area (Å²) in [4.78, 5) is 41.7. The molecule has 0 saturated carbocycles. The van der Waals surface area contributed by atoms with Crippen LogP contribution >= 0.6 is 0 Å². The summed E-state index contributed by atoms with van der Waals surface area (Å²) in [7, 11) is 0. The first-order valence-corrected chi connectivity index (χ1v) is 16.3. The van der Waals surface area contributed by atoms with Gasteiger partial charge in [0, 0.05) is 12.1 Å². The summed E-state index contributed by atoms with van der Waals surface area (Å²) < 4.78 is 12.2. The van der Waals surface area contributed by atoms with Crippen LogP contribution in [0.15, 0.2) is 101 Å². The molecule has 2 N–H and O–H groups in total. The van der Waals surface area contributed by atoms with Crippen molar-refractivity contribution in [2.24, 2.45) is 10.2 Å². The van der Waals surface area contributed by atoms with E-state index >= 15 is 0 Å². The normalized spacial score (nSPS) is 11.0. The van der Waals surface area contributed by atoms with Gasteiger partial charge >= 0.3 is 11.4 Å². The molecular weight excluding hydrogens is 716 g/mol. The van der Waals surface area contributed by atoms with E-state index in [9.17, 15) is 40.5 Å². The SMILES string of the molecule is Cc1cc(C)c(COc2ccc(/C=N/Nc3ccc([N+](=O)[O-])cc3[N+](=O)[O-])cc2)c(C)c1COc1ccc(/C=N/Nc2ccc([N+](=O)[O-])cc2[N+](=O)[O-])cc1. The van der Waals surface area contributed by atoms with Crippen LogP contribution in [0.3, 0.4) is 0 Å². The summed E-state index contributed by atoms with van der Waals surface area (Å²) >= 11 is 0. The Morgan fingerprint density at radius 1 is 0.545 bits per heavy atom. The van der Waals surface area contributed by atoms with Gasteiger partial charge in [-0.05, 0) is 120 Å². The van der Waals surface area contributed by atoms with Gasteiger partial charge in [0.15, 0.2) is 0 Å². The lowest BCUT2D eigenvalue weighted by molar-refractivity contribution is -0.393. The molecule has 0 bridgehead atoms. The Kier molecular flexibility index (Phi) is 12.0. The first kappa shape index (κ1) is 38.5. The van der Waals surface area contributed by atoms with Gasteiger partial charge in [-0.1, -0.05) is 6.07 Å². The minimum absolute atomic E-state index is 0.00886. The number of aryl methyl sites for hydroxylation is 2. The molecule has 0 aliphatic rings. The third-order valence-electron chi connectivity index (χ3n) is 8.39. The number of nitro benzene ring substituents is 4. The molecule has 0 spiro atoms. The van der Waals surface area contributed by atoms with Gasteiger partial charge in [0.2, 0.25) is 0 Å². The highest BCUT2D eigenvalue weighted by Gasteiger charge is 2.20. The second kappa shape index (κ2) is 17.2. The van der Waals surface area contributed by atoms with Gasteiger partial charge in [-0.15, -0.1) is 0 Å². The molecule has 18 heteroatoms. The van der Waals surface area contributed by atoms with Gasteiger partial charge in [-0.25, -0.2) is 0 Å². The standard InChI is InChI=1S/C37H32N8O10/c1-23-16-24(2)33(22-55-31-12-6-27(7-13-31)20-39-41-35-15-9-29(43(48)49)18-37(35)45(52)53)25(3)32(23)21-54-30-10-4-26(5-11-30)19-38-40-34-14-8-28(42(46)47)17-36(34)44(50)51/h4-20,40-41H,21-22H2,1-3H3/b38-19+,39-20+. The monoisotopic (exact) mass is 748 g/mol. The zero-order valence-electron chi connectivity index (χ0n) is 29.5. The van der Waals surface area contributed by atoms with Crippen molar-refractivity contribution in [3.63, 3.8) is 0 Å². The molecular formula is C37H32N8O10. The number of anilines is 2. The second-order valence-electron chi connectivity index (χ2n) is 12.0. The fourth-order valence-electron chi connectivity index (χ4n) is 5.44. The van der Waals surface area contributed by atoms with Crippen LogP contribution < -0.4 is 20.3 Å². The maximum absolute atomic E-state index is 11.3. The molecule has 280 valence electrons. The quantitative estimate of drug-likeness (QED) is 0.0550. The molecule has 0 aliphatic heterocycles. The van der Waals surface area contributed by atoms with Gasteiger partial charge in [-0.3, -0.25) is 51.3 Å². The van der Waals surface area contributed by atoms with Gasteiger partial charge in [0.05, 0.1) is 44.3 Å². The highest BCUT2D eigenvalue weighted by Crippen LogP contribution is 2.31. The number of nitrogens with zero attached hydrogens (tertiary/aromatic N) is 6. The van der Waals surface area contributed by atoms with E-state index in [1.165, 1.54) is 24.6 Å². The van der Waals surface area contributed by atoms with E-state index in [1.54, 1.807) is 48.5 Å². The van der Waals surface area contributed by atoms with Crippen LogP contribution in [0, 0.1) is 61.2 Å². The first-order chi connectivity index (χ1) is 26.3. The molecule has 5 aromatic rings. The predicted molar refractivity (Wildman–Crippen MR) is 204 cm³/mol. The first-order valence-electron chi connectivity index (χ1n) is 16.3. The number of hydrogen-bond acceptors (Lipinski definition) is 14. The summed E-state index contributed by atoms with van der Waals surface area (Å²) in [6.45, 7) is 6.64. The van der Waals surface area contributed by atoms with E-state index in [-0.39, 0.29) is 11.4 Å². The second-order valence-corrected chi connectivity index (χ2v) is 12.0. The van der Waals surface area contributed by atoms with Crippen molar-refractivity contribution in [2.45, 2.75) is 34.0 Å². The molecule has 0 unspecified atom stereocenters. The molecule has 0 fully saturated rings. The van der Waals surface area contributed by atoms with Crippen molar-refractivity contribution >= 4 is 46.6 Å². The Morgan fingerprint density at radius 3 is 1.27 bits per heavy atom. The number of non-ortho nitro benzene ring substituents is 2. The van der Waals surface area contributed by atoms with Gasteiger partial charge in [-0.2, -0.15) is 10.2 Å². The lowest BCUT2D eigenvalue weighted by Crippen LogP contribution is -2.08. The van der Waals surface area contributed by atoms with Crippen LogP contribution in [-0.4, -0.2) is 32.1 Å². The number of rotatable bonds is 16. The Bertz CT molecular complexity index is 2170. The van der Waals surface area contributed by atoms with Crippen LogP contribution in [0.25, 0.3) is 0 Å². The molecule has 0 radical (unpaired) electrons. The minimum atomic E-state index is -0.725. The Balaban J connectivity index is 1.16. The lowest BCUT2D eigenvalue weighted by Gasteiger charge is -2.18. The summed E-state index contributed by atoms with van der Waals surface area (Å²) in [6, 6.07) is 22.7. The number of benzene rings is 5. The van der Waals surface area contributed by atoms with Crippen LogP contribution in [-0.2, 0) is 13.2 Å². The molecule has 0 aromatic heterocycles. The minimum Gasteiger partial charge on any atom is -0.489 e. The van der Waals surface area contributed by atoms with Crippen molar-refractivity contribution < 1.29 is 29.2 Å². The molecule has 0 atom stereocenters. The van der Waals surface area contributed by atoms with Crippen LogP contribution in [0.1, 0.15) is 38.9 Å². The molecule has 55 heavy (non-hydrogen) atoms. The topological polar surface area (TPSA) is 240 Å². The van der Waals surface area contributed by atoms with Crippen LogP contribution in [0.4, 0.5) is 34.1 Å². The van der Waals surface area contributed by atoms with Crippen molar-refractivity contribution in [1.82, 2.24) is 0 Å². The zero-order valence-corrected chi connectivity index (χ0v) is 29.5. The smallest absolute Gasteiger partial charge is 0.301 e. The fourth-order valence-corrected chi connectivity index (χ4v) is 5.44. The molecule has 0 saturated heterocycles. The number of nitrogens with one attached hydrogen (secondary N) is 2. The molecule has 0 amide bonds. The van der Waals surface area contributed by atoms with Crippen LogP contribution in [0.2, 0.25) is 0 Å². The molecule has 5 aromatic carbocycles. The highest BCUT2D eigenvalue weighted by molar-refractivity contribution is 5.81. The number of ether oxygens (including phenoxy) is 2. The fraction of sp³-hybridized carbons (Fsp3) is 0.135. The molecule has 0 aliphatic carbocycles. The zero-order chi connectivity index (χ0) is 39.6. The van der Waals surface area contributed by atoms with Crippen molar-refractivity contribution in [1.29, 1.82) is 0 Å². The molecule has 18 nitrogen and oxygen atoms in total. The maximum atomic E-state index is 11.3. The highest BCUT2D eigenvalue weighted by atomic mass is 16.6. The third kappa shape index (κ3) is 9.77. The van der Waals surface area contributed by atoms with Gasteiger partial charge in [0.1, 0.15) is 36.1 Å². The van der Waals surface area contributed by atoms with E-state index in [0.717, 1.165) is 52.1 Å².